The van der Waals surface area contributed by atoms with E-state index in [9.17, 15) is 4.79 Å². The SMILES string of the molecule is COc1ccc(OC)c(CCC(=O)CC2c3c(cc4c(c3OC)OCO4)CCN2C)c1.[B][B]B([B])B(B(B([B])[B])B([B])[B])B(B(B([B])[B])B([B])[B])B(B(B(B([B])[B])B([B])[B])B(B([B])[B])B([B])[B])B(B(B(B([B])[B])B([B])[B])B(B([B])[B])B([B])[B])B(B(B([B])[B])B([B])[B])B(B([B])[B])B([B])[B]. The van der Waals surface area contributed by atoms with E-state index in [0.717, 1.165) is 54.0 Å². The summed E-state index contributed by atoms with van der Waals surface area (Å²) in [6, 6.07) is 7.63. The molecule has 2 heterocycles. The van der Waals surface area contributed by atoms with Gasteiger partial charge in [-0.15, -0.1) is 0 Å². The standard InChI is InChI=1S/C24H29NO6.B67/c1-25-10-9-16-12-21-23(31-14-30-21)24(29-4)22(16)19(25)13-17(26)6-5-15-11-18(27-2)7-8-20(15)28-3;1-35-52(34)61(53(36(2)3)37(4)5)65(60(50(30)31)51(32)33)67(64(58(46(22)23)47(24)25)59(48(26)27)49(28)29)66(62(54(38(6)7)39(8)9)55(40(10)11)41(12)13)63(56(42(14)15)43(16)17)57(44(18)19)45(20)21/h7-8,11-12,19H,5-6,9-10,13-14H2,1-4H3;. The molecule has 1 atom stereocenters. The highest BCUT2D eigenvalue weighted by molar-refractivity contribution is 8.39. The minimum atomic E-state index is -1.64. The van der Waals surface area contributed by atoms with Gasteiger partial charge >= 0.3 is 0 Å². The number of likely N-dealkylation sites (N-methyl/N-ethyl adjacent to an activating group) is 1. The fourth-order valence-electron chi connectivity index (χ4n) is 16.1. The van der Waals surface area contributed by atoms with Gasteiger partial charge in [-0.1, -0.05) is 0 Å². The van der Waals surface area contributed by atoms with Crippen molar-refractivity contribution in [3.63, 3.8) is 0 Å². The van der Waals surface area contributed by atoms with Crippen LogP contribution in [0, 0.1) is 0 Å². The summed E-state index contributed by atoms with van der Waals surface area (Å²) >= 11 is 0. The van der Waals surface area contributed by atoms with Crippen LogP contribution >= 0.6 is 0 Å². The molecule has 98 heavy (non-hydrogen) atoms. The Kier molecular flexibility index (Phi) is 41.6. The zero-order chi connectivity index (χ0) is 75.1. The van der Waals surface area contributed by atoms with Crippen LogP contribution in [0.1, 0.15) is 35.6 Å². The van der Waals surface area contributed by atoms with E-state index in [1.54, 1.807) is 21.3 Å². The van der Waals surface area contributed by atoms with Crippen LogP contribution in [0.15, 0.2) is 24.3 Å². The highest BCUT2D eigenvalue weighted by Gasteiger charge is 2.64. The van der Waals surface area contributed by atoms with Crippen LogP contribution in [0.3, 0.4) is 0 Å². The third kappa shape index (κ3) is 24.0. The molecule has 0 N–H and O–H groups in total. The second-order valence-electron chi connectivity index (χ2n) is 26.6. The van der Waals surface area contributed by atoms with Crippen LogP contribution in [-0.2, 0) is 17.6 Å². The molecule has 367 valence electrons. The number of ketones is 1. The van der Waals surface area contributed by atoms with E-state index >= 15 is 0 Å². The number of benzene rings is 2. The van der Waals surface area contributed by atoms with Gasteiger partial charge in [-0.05, 0) is 55.3 Å². The summed E-state index contributed by atoms with van der Waals surface area (Å²) in [5.41, 5.74) is 3.16. The first-order valence-corrected chi connectivity index (χ1v) is 32.5. The average Bonchev–Trinajstić information content (AvgIpc) is 0.801. The lowest BCUT2D eigenvalue weighted by Gasteiger charge is -2.60. The number of carbonyl (C=O) groups excluding carboxylic acids is 1. The second-order valence-corrected chi connectivity index (χ2v) is 26.6. The number of aryl methyl sites for hydroxylation is 1. The predicted octanol–water partition coefficient (Wildman–Crippen LogP) is -22.0. The molecule has 0 fully saturated rings. The maximum Gasteiger partial charge on any atom is 0.231 e. The molecule has 0 spiro atoms. The summed E-state index contributed by atoms with van der Waals surface area (Å²) in [5.74, 6) is 3.75. The van der Waals surface area contributed by atoms with E-state index in [1.165, 1.54) is 0 Å². The fourth-order valence-corrected chi connectivity index (χ4v) is 16.1. The van der Waals surface area contributed by atoms with Crippen molar-refractivity contribution < 1.29 is 28.5 Å². The zero-order valence-electron chi connectivity index (χ0n) is 57.2. The first-order chi connectivity index (χ1) is 45.6. The largest absolute Gasteiger partial charge is 0.497 e. The molecule has 0 bridgehead atoms. The molecule has 0 aliphatic carbocycles. The van der Waals surface area contributed by atoms with E-state index in [0.29, 0.717) is 30.8 Å². The molecule has 2 aliphatic heterocycles. The second kappa shape index (κ2) is 43.6. The number of rotatable bonds is 40. The molecule has 0 saturated carbocycles. The van der Waals surface area contributed by atoms with Gasteiger partial charge in [-0.3, -0.25) is 9.69 Å². The number of methoxy groups -OCH3 is 3. The van der Waals surface area contributed by atoms with Crippen molar-refractivity contribution >= 4 is 480 Å². The topological polar surface area (TPSA) is 66.5 Å². The number of carbonyl (C=O) groups is 1. The normalized spacial score (nSPS) is 12.1. The Morgan fingerprint density at radius 3 is 1.08 bits per heavy atom. The van der Waals surface area contributed by atoms with Crippen molar-refractivity contribution in [1.29, 1.82) is 0 Å². The van der Waals surface area contributed by atoms with Gasteiger partial charge in [0.2, 0.25) is 12.5 Å². The van der Waals surface area contributed by atoms with Crippen molar-refractivity contribution in [2.24, 2.45) is 0 Å². The summed E-state index contributed by atoms with van der Waals surface area (Å²) in [5, 5.41) is 0. The summed E-state index contributed by atoms with van der Waals surface area (Å²) in [6.07, 6.45) is -45.7. The molecule has 74 heteroatoms. The van der Waals surface area contributed by atoms with Crippen molar-refractivity contribution in [2.45, 2.75) is 31.7 Å². The van der Waals surface area contributed by atoms with Crippen LogP contribution in [0.2, 0.25) is 0 Å². The molecule has 2 aromatic carbocycles. The number of Topliss-reactive ketones (excluding diaryl/α,β-unsaturated/α-hetero) is 1. The quantitative estimate of drug-likeness (QED) is 0.0616. The lowest BCUT2D eigenvalue weighted by Crippen LogP contribution is -2.98. The van der Waals surface area contributed by atoms with Crippen LogP contribution in [0.4, 0.5) is 0 Å². The fraction of sp³-hybridized carbons (Fsp3) is 0.458. The van der Waals surface area contributed by atoms with Gasteiger partial charge in [0, 0.05) is 505 Å². The van der Waals surface area contributed by atoms with Gasteiger partial charge in [0.05, 0.1) is 21.3 Å². The third-order valence-electron chi connectivity index (χ3n) is 20.1. The van der Waals surface area contributed by atoms with Gasteiger partial charge in [-0.2, -0.15) is 0 Å². The lowest BCUT2D eigenvalue weighted by molar-refractivity contribution is -0.120. The van der Waals surface area contributed by atoms with Crippen LogP contribution < -0.4 is 23.7 Å². The minimum Gasteiger partial charge on any atom is -0.497 e. The Morgan fingerprint density at radius 2 is 0.776 bits per heavy atom. The Bertz CT molecular complexity index is 2490. The third-order valence-corrected chi connectivity index (χ3v) is 20.1. The molecule has 7 nitrogen and oxygen atoms in total. The highest BCUT2D eigenvalue weighted by Crippen LogP contribution is 2.50. The van der Waals surface area contributed by atoms with E-state index in [1.807, 2.05) is 24.3 Å². The molecule has 4 rings (SSSR count). The predicted molar refractivity (Wildman–Crippen MR) is 501 cm³/mol. The molecule has 2 aromatic rings. The first-order valence-electron chi connectivity index (χ1n) is 32.5. The molecule has 0 saturated heterocycles. The van der Waals surface area contributed by atoms with Crippen molar-refractivity contribution in [1.82, 2.24) is 4.90 Å². The zero-order valence-corrected chi connectivity index (χ0v) is 57.2. The Labute approximate surface area is 651 Å². The number of hydrogen-bond acceptors (Lipinski definition) is 7. The number of hydrogen-bond donors (Lipinski definition) is 0. The lowest BCUT2D eigenvalue weighted by atomic mass is 8.22. The molecule has 69 radical (unpaired) electrons. The maximum atomic E-state index is 13.0. The smallest absolute Gasteiger partial charge is 0.231 e. The van der Waals surface area contributed by atoms with Crippen LogP contribution in [0.25, 0.3) is 0 Å². The minimum absolute atomic E-state index is 0.0621. The molecule has 1 unspecified atom stereocenters. The van der Waals surface area contributed by atoms with E-state index in [-0.39, 0.29) is 18.6 Å². The van der Waals surface area contributed by atoms with Gasteiger partial charge < -0.3 is 23.7 Å². The van der Waals surface area contributed by atoms with Crippen molar-refractivity contribution in [3.8, 4) is 28.7 Å². The van der Waals surface area contributed by atoms with Crippen LogP contribution in [-0.4, -0.2) is 527 Å². The summed E-state index contributed by atoms with van der Waals surface area (Å²) < 4.78 is 27.7. The highest BCUT2D eigenvalue weighted by atomic mass is 16.7. The van der Waals surface area contributed by atoms with Gasteiger partial charge in [-0.25, -0.2) is 0 Å². The van der Waals surface area contributed by atoms with E-state index in [2.05, 4.69) is 11.9 Å². The van der Waals surface area contributed by atoms with Gasteiger partial charge in [0.25, 0.3) is 0 Å². The molecular formula is C24H29B67NO6. The molecule has 2 aliphatic rings. The van der Waals surface area contributed by atoms with Crippen molar-refractivity contribution in [3.05, 3.63) is 41.0 Å². The van der Waals surface area contributed by atoms with Crippen LogP contribution in [0.5, 0.6) is 28.7 Å². The van der Waals surface area contributed by atoms with Gasteiger partial charge in [0.15, 0.2) is 11.5 Å². The summed E-state index contributed by atoms with van der Waals surface area (Å²) in [4.78, 5) is 15.3. The molecular weight excluding hydrogens is 1120 g/mol. The molecule has 0 amide bonds. The summed E-state index contributed by atoms with van der Waals surface area (Å²) in [6.45, 7) is 1.06. The first kappa shape index (κ1) is 93.6. The van der Waals surface area contributed by atoms with Gasteiger partial charge in [0.1, 0.15) is 17.3 Å². The Morgan fingerprint density at radius 1 is 0.449 bits per heavy atom. The monoisotopic (exact) mass is 1160 g/mol. The number of ether oxygens (including phenoxy) is 5. The average molecular weight is 1150 g/mol. The Balaban J connectivity index is 0.000000659. The van der Waals surface area contributed by atoms with E-state index < -0.39 is 204 Å². The maximum absolute atomic E-state index is 13.0. The number of fused-ring (bicyclic) bond motifs is 2. The van der Waals surface area contributed by atoms with E-state index in [4.69, 9.17) is 287 Å². The number of nitrogens with zero attached hydrogens (tertiary/aromatic N) is 1. The Hall–Kier alpha value is 1.42. The van der Waals surface area contributed by atoms with Crippen molar-refractivity contribution in [2.75, 3.05) is 41.7 Å². The molecule has 0 aromatic heterocycles. The summed E-state index contributed by atoms with van der Waals surface area (Å²) in [7, 11) is 236.